The van der Waals surface area contributed by atoms with Crippen molar-refractivity contribution < 1.29 is 9.47 Å². The zero-order chi connectivity index (χ0) is 15.2. The molecule has 1 heterocycles. The highest BCUT2D eigenvalue weighted by atomic mass is 16.5. The topological polar surface area (TPSA) is 72.4 Å². The van der Waals surface area contributed by atoms with Gasteiger partial charge in [-0.2, -0.15) is 15.0 Å². The Balaban J connectivity index is 2.34. The van der Waals surface area contributed by atoms with Crippen LogP contribution in [-0.4, -0.2) is 42.7 Å². The summed E-state index contributed by atoms with van der Waals surface area (Å²) in [5, 5.41) is 3.06. The first-order chi connectivity index (χ1) is 10.1. The van der Waals surface area contributed by atoms with E-state index >= 15 is 0 Å². The molecule has 0 aliphatic heterocycles. The van der Waals surface area contributed by atoms with E-state index in [1.54, 1.807) is 18.1 Å². The third-order valence-electron chi connectivity index (χ3n) is 2.61. The Bertz CT molecular complexity index is 604. The molecule has 7 nitrogen and oxygen atoms in total. The molecule has 1 N–H and O–H groups in total. The maximum Gasteiger partial charge on any atom is 0.328 e. The molecule has 0 bridgehead atoms. The Labute approximate surface area is 124 Å². The number of benzene rings is 1. The number of nitrogens with one attached hydrogen (secondary N) is 1. The first-order valence-electron chi connectivity index (χ1n) is 6.62. The zero-order valence-corrected chi connectivity index (χ0v) is 12.6. The van der Waals surface area contributed by atoms with Gasteiger partial charge in [0.15, 0.2) is 11.5 Å². The van der Waals surface area contributed by atoms with Gasteiger partial charge >= 0.3 is 6.01 Å². The van der Waals surface area contributed by atoms with Crippen molar-refractivity contribution in [3.05, 3.63) is 24.3 Å². The second-order valence-corrected chi connectivity index (χ2v) is 4.42. The van der Waals surface area contributed by atoms with Crippen molar-refractivity contribution in [2.75, 3.05) is 38.0 Å². The maximum absolute atomic E-state index is 5.72. The van der Waals surface area contributed by atoms with Crippen LogP contribution < -0.4 is 19.7 Å². The van der Waals surface area contributed by atoms with Gasteiger partial charge in [-0.05, 0) is 19.1 Å². The molecule has 21 heavy (non-hydrogen) atoms. The molecule has 0 aliphatic rings. The normalized spacial score (nSPS) is 10.1. The lowest BCUT2D eigenvalue weighted by molar-refractivity contribution is 0.368. The van der Waals surface area contributed by atoms with Crippen molar-refractivity contribution >= 4 is 11.9 Å². The fraction of sp³-hybridized carbons (Fsp3) is 0.357. The van der Waals surface area contributed by atoms with E-state index in [0.29, 0.717) is 29.9 Å². The van der Waals surface area contributed by atoms with Gasteiger partial charge in [0.2, 0.25) is 11.9 Å². The third-order valence-corrected chi connectivity index (χ3v) is 2.61. The molecule has 2 aromatic rings. The van der Waals surface area contributed by atoms with E-state index in [-0.39, 0.29) is 6.01 Å². The van der Waals surface area contributed by atoms with Crippen molar-refractivity contribution in [2.45, 2.75) is 6.92 Å². The number of hydrogen-bond donors (Lipinski definition) is 1. The summed E-state index contributed by atoms with van der Waals surface area (Å²) in [5.74, 6) is 2.17. The van der Waals surface area contributed by atoms with Gasteiger partial charge in [-0.25, -0.2) is 0 Å². The highest BCUT2D eigenvalue weighted by molar-refractivity contribution is 5.42. The highest BCUT2D eigenvalue weighted by Gasteiger charge is 2.11. The van der Waals surface area contributed by atoms with Gasteiger partial charge in [0.1, 0.15) is 0 Å². The van der Waals surface area contributed by atoms with Crippen LogP contribution in [0.15, 0.2) is 24.3 Å². The molecule has 0 spiro atoms. The molecule has 0 radical (unpaired) electrons. The van der Waals surface area contributed by atoms with Gasteiger partial charge < -0.3 is 19.7 Å². The van der Waals surface area contributed by atoms with Crippen LogP contribution in [0.1, 0.15) is 6.92 Å². The Morgan fingerprint density at radius 3 is 2.43 bits per heavy atom. The number of ether oxygens (including phenoxy) is 2. The lowest BCUT2D eigenvalue weighted by Gasteiger charge is -2.14. The van der Waals surface area contributed by atoms with Crippen LogP contribution in [0.4, 0.5) is 11.9 Å². The Hall–Kier alpha value is -2.57. The fourth-order valence-corrected chi connectivity index (χ4v) is 1.63. The summed E-state index contributed by atoms with van der Waals surface area (Å²) >= 11 is 0. The van der Waals surface area contributed by atoms with E-state index in [9.17, 15) is 0 Å². The first kappa shape index (κ1) is 14.8. The first-order valence-corrected chi connectivity index (χ1v) is 6.62. The summed E-state index contributed by atoms with van der Waals surface area (Å²) in [4.78, 5) is 14.6. The zero-order valence-electron chi connectivity index (χ0n) is 12.6. The molecule has 0 fully saturated rings. The predicted molar refractivity (Wildman–Crippen MR) is 81.4 cm³/mol. The van der Waals surface area contributed by atoms with Gasteiger partial charge in [0, 0.05) is 20.6 Å². The molecule has 0 atom stereocenters. The second-order valence-electron chi connectivity index (χ2n) is 4.42. The van der Waals surface area contributed by atoms with E-state index < -0.39 is 0 Å². The fourth-order valence-electron chi connectivity index (χ4n) is 1.63. The lowest BCUT2D eigenvalue weighted by Crippen LogP contribution is -2.15. The van der Waals surface area contributed by atoms with Crippen molar-refractivity contribution in [1.29, 1.82) is 0 Å². The van der Waals surface area contributed by atoms with Gasteiger partial charge in [0.05, 0.1) is 7.11 Å². The number of rotatable bonds is 6. The van der Waals surface area contributed by atoms with Crippen molar-refractivity contribution in [2.24, 2.45) is 0 Å². The Morgan fingerprint density at radius 2 is 1.81 bits per heavy atom. The summed E-state index contributed by atoms with van der Waals surface area (Å²) < 4.78 is 11.0. The molecule has 1 aromatic heterocycles. The standard InChI is InChI=1S/C14H19N5O2/c1-5-15-12-16-13(19(2)3)18-14(17-12)21-11-9-7-6-8-10(11)20-4/h6-9H,5H2,1-4H3,(H,15,16,17,18). The molecule has 2 rings (SSSR count). The molecule has 0 amide bonds. The van der Waals surface area contributed by atoms with Crippen LogP contribution in [0.2, 0.25) is 0 Å². The van der Waals surface area contributed by atoms with E-state index in [0.717, 1.165) is 0 Å². The minimum Gasteiger partial charge on any atom is -0.493 e. The maximum atomic E-state index is 5.72. The minimum atomic E-state index is 0.217. The molecule has 7 heteroatoms. The van der Waals surface area contributed by atoms with Crippen molar-refractivity contribution in [3.63, 3.8) is 0 Å². The van der Waals surface area contributed by atoms with Crippen molar-refractivity contribution in [1.82, 2.24) is 15.0 Å². The number of anilines is 2. The summed E-state index contributed by atoms with van der Waals surface area (Å²) in [6.45, 7) is 2.69. The number of aromatic nitrogens is 3. The second kappa shape index (κ2) is 6.74. The Morgan fingerprint density at radius 1 is 1.10 bits per heavy atom. The number of para-hydroxylation sites is 2. The number of nitrogens with zero attached hydrogens (tertiary/aromatic N) is 4. The minimum absolute atomic E-state index is 0.217. The summed E-state index contributed by atoms with van der Waals surface area (Å²) in [6.07, 6.45) is 0. The predicted octanol–water partition coefficient (Wildman–Crippen LogP) is 2.17. The van der Waals surface area contributed by atoms with Crippen LogP contribution in [-0.2, 0) is 0 Å². The smallest absolute Gasteiger partial charge is 0.328 e. The van der Waals surface area contributed by atoms with Crippen LogP contribution in [0.5, 0.6) is 17.5 Å². The molecule has 0 unspecified atom stereocenters. The number of hydrogen-bond acceptors (Lipinski definition) is 7. The average Bonchev–Trinajstić information content (AvgIpc) is 2.48. The third kappa shape index (κ3) is 3.71. The van der Waals surface area contributed by atoms with E-state index in [2.05, 4.69) is 20.3 Å². The average molecular weight is 289 g/mol. The monoisotopic (exact) mass is 289 g/mol. The molecule has 0 saturated heterocycles. The largest absolute Gasteiger partial charge is 0.493 e. The van der Waals surface area contributed by atoms with E-state index in [1.807, 2.05) is 39.2 Å². The summed E-state index contributed by atoms with van der Waals surface area (Å²) in [5.41, 5.74) is 0. The van der Waals surface area contributed by atoms with E-state index in [1.165, 1.54) is 0 Å². The van der Waals surface area contributed by atoms with Gasteiger partial charge in [-0.15, -0.1) is 0 Å². The van der Waals surface area contributed by atoms with Gasteiger partial charge in [-0.1, -0.05) is 12.1 Å². The Kier molecular flexibility index (Phi) is 4.76. The molecule has 0 saturated carbocycles. The van der Waals surface area contributed by atoms with Crippen LogP contribution in [0, 0.1) is 0 Å². The molecular formula is C14H19N5O2. The SMILES string of the molecule is CCNc1nc(Oc2ccccc2OC)nc(N(C)C)n1. The quantitative estimate of drug-likeness (QED) is 0.873. The summed E-state index contributed by atoms with van der Waals surface area (Å²) in [6, 6.07) is 7.56. The lowest BCUT2D eigenvalue weighted by atomic mass is 10.3. The highest BCUT2D eigenvalue weighted by Crippen LogP contribution is 2.29. The van der Waals surface area contributed by atoms with Crippen LogP contribution in [0.3, 0.4) is 0 Å². The van der Waals surface area contributed by atoms with Crippen LogP contribution in [0.25, 0.3) is 0 Å². The molecule has 1 aromatic carbocycles. The van der Waals surface area contributed by atoms with E-state index in [4.69, 9.17) is 9.47 Å². The number of methoxy groups -OCH3 is 1. The van der Waals surface area contributed by atoms with Gasteiger partial charge in [-0.3, -0.25) is 0 Å². The van der Waals surface area contributed by atoms with Crippen LogP contribution >= 0.6 is 0 Å². The molecule has 0 aliphatic carbocycles. The van der Waals surface area contributed by atoms with Crippen molar-refractivity contribution in [3.8, 4) is 17.5 Å². The molecule has 112 valence electrons. The molecular weight excluding hydrogens is 270 g/mol. The summed E-state index contributed by atoms with van der Waals surface area (Å²) in [7, 11) is 5.31. The van der Waals surface area contributed by atoms with Gasteiger partial charge in [0.25, 0.3) is 0 Å².